The predicted octanol–water partition coefficient (Wildman–Crippen LogP) is 4.32. The zero-order chi connectivity index (χ0) is 16.7. The van der Waals surface area contributed by atoms with Gasteiger partial charge in [-0.2, -0.15) is 0 Å². The number of fused-ring (bicyclic) bond motifs is 1. The van der Waals surface area contributed by atoms with Crippen LogP contribution in [0.25, 0.3) is 10.1 Å². The lowest BCUT2D eigenvalue weighted by atomic mass is 10.4. The van der Waals surface area contributed by atoms with Gasteiger partial charge in [-0.3, -0.25) is 0 Å². The van der Waals surface area contributed by atoms with Crippen molar-refractivity contribution in [1.29, 1.82) is 0 Å². The molecule has 0 unspecified atom stereocenters. The number of halogens is 2. The van der Waals surface area contributed by atoms with Crippen LogP contribution in [0, 0.1) is 0 Å². The Hall–Kier alpha value is -0.0300. The molecule has 23 heavy (non-hydrogen) atoms. The van der Waals surface area contributed by atoms with Crippen LogP contribution < -0.4 is 0 Å². The van der Waals surface area contributed by atoms with Crippen molar-refractivity contribution in [2.24, 2.45) is 0 Å². The molecule has 0 N–H and O–H groups in total. The summed E-state index contributed by atoms with van der Waals surface area (Å²) < 4.78 is 23.7. The molecule has 0 saturated carbocycles. The van der Waals surface area contributed by atoms with Gasteiger partial charge in [-0.15, -0.1) is 22.7 Å². The average molecular weight is 488 g/mol. The van der Waals surface area contributed by atoms with Gasteiger partial charge in [-0.25, -0.2) is 4.79 Å². The highest BCUT2D eigenvalue weighted by atomic mass is 79.9. The molecule has 0 aliphatic carbocycles. The summed E-state index contributed by atoms with van der Waals surface area (Å²) in [6.45, 7) is 2.67. The topological polar surface area (TPSA) is 54.0 Å². The first-order chi connectivity index (χ1) is 11.1. The Balaban J connectivity index is 1.65. The van der Waals surface area contributed by atoms with Crippen LogP contribution in [0.15, 0.2) is 13.6 Å². The van der Waals surface area contributed by atoms with E-state index in [0.29, 0.717) is 37.9 Å². The molecule has 2 aromatic rings. The molecule has 0 bridgehead atoms. The number of hydrogen-bond acceptors (Lipinski definition) is 7. The van der Waals surface area contributed by atoms with Crippen molar-refractivity contribution < 1.29 is 23.7 Å². The standard InChI is InChI=1S/C14H16Br2O5S2/c1-18-2-3-19-4-5-20-6-7-21-14(17)10-8-9-11(22-10)13(16)23-12(9)15/h8H,2-7H2,1H3. The van der Waals surface area contributed by atoms with Gasteiger partial charge in [0.2, 0.25) is 0 Å². The van der Waals surface area contributed by atoms with Crippen molar-refractivity contribution in [3.8, 4) is 0 Å². The third-order valence-corrected chi connectivity index (χ3v) is 6.87. The monoisotopic (exact) mass is 486 g/mol. The number of hydrogen-bond donors (Lipinski definition) is 0. The molecule has 2 aromatic heterocycles. The van der Waals surface area contributed by atoms with E-state index in [-0.39, 0.29) is 12.6 Å². The van der Waals surface area contributed by atoms with E-state index in [1.807, 2.05) is 6.07 Å². The molecule has 0 aliphatic heterocycles. The van der Waals surface area contributed by atoms with Crippen LogP contribution in [0.2, 0.25) is 0 Å². The molecule has 0 amide bonds. The molecule has 0 saturated heterocycles. The van der Waals surface area contributed by atoms with Crippen LogP contribution >= 0.6 is 54.5 Å². The summed E-state index contributed by atoms with van der Waals surface area (Å²) in [5, 5.41) is 1.03. The van der Waals surface area contributed by atoms with E-state index in [1.165, 1.54) is 11.3 Å². The maximum atomic E-state index is 12.0. The summed E-state index contributed by atoms with van der Waals surface area (Å²) in [6.07, 6.45) is 0. The largest absolute Gasteiger partial charge is 0.459 e. The molecule has 0 aromatic carbocycles. The molecule has 0 radical (unpaired) electrons. The van der Waals surface area contributed by atoms with E-state index >= 15 is 0 Å². The van der Waals surface area contributed by atoms with E-state index in [9.17, 15) is 4.79 Å². The Bertz CT molecular complexity index is 606. The quantitative estimate of drug-likeness (QED) is 0.369. The minimum absolute atomic E-state index is 0.226. The third kappa shape index (κ3) is 5.77. The Labute approximate surface area is 159 Å². The lowest BCUT2D eigenvalue weighted by Gasteiger charge is -2.06. The van der Waals surface area contributed by atoms with Gasteiger partial charge in [0.15, 0.2) is 0 Å². The number of ether oxygens (including phenoxy) is 4. The fourth-order valence-corrected chi connectivity index (χ4v) is 6.05. The minimum atomic E-state index is -0.324. The highest BCUT2D eigenvalue weighted by Crippen LogP contribution is 2.43. The Morgan fingerprint density at radius 2 is 1.65 bits per heavy atom. The van der Waals surface area contributed by atoms with Crippen molar-refractivity contribution >= 4 is 70.6 Å². The summed E-state index contributed by atoms with van der Waals surface area (Å²) in [5.41, 5.74) is 0. The first kappa shape index (κ1) is 19.3. The summed E-state index contributed by atoms with van der Waals surface area (Å²) in [5.74, 6) is -0.324. The van der Waals surface area contributed by atoms with Gasteiger partial charge in [0, 0.05) is 12.5 Å². The van der Waals surface area contributed by atoms with Crippen molar-refractivity contribution in [3.63, 3.8) is 0 Å². The van der Waals surface area contributed by atoms with E-state index in [2.05, 4.69) is 31.9 Å². The molecule has 0 spiro atoms. The van der Waals surface area contributed by atoms with Crippen LogP contribution in [0.4, 0.5) is 0 Å². The number of esters is 1. The minimum Gasteiger partial charge on any atom is -0.459 e. The van der Waals surface area contributed by atoms with Gasteiger partial charge in [-0.05, 0) is 37.9 Å². The Morgan fingerprint density at radius 1 is 1.00 bits per heavy atom. The van der Waals surface area contributed by atoms with E-state index in [0.717, 1.165) is 17.7 Å². The fourth-order valence-electron chi connectivity index (χ4n) is 1.69. The molecular weight excluding hydrogens is 472 g/mol. The maximum Gasteiger partial charge on any atom is 0.348 e. The van der Waals surface area contributed by atoms with Crippen molar-refractivity contribution in [2.75, 3.05) is 46.8 Å². The molecule has 5 nitrogen and oxygen atoms in total. The highest BCUT2D eigenvalue weighted by Gasteiger charge is 2.17. The van der Waals surface area contributed by atoms with Gasteiger partial charge in [0.05, 0.1) is 45.3 Å². The van der Waals surface area contributed by atoms with Crippen molar-refractivity contribution in [2.45, 2.75) is 0 Å². The van der Waals surface area contributed by atoms with Crippen molar-refractivity contribution in [1.82, 2.24) is 0 Å². The highest BCUT2D eigenvalue weighted by molar-refractivity contribution is 9.12. The van der Waals surface area contributed by atoms with Crippen LogP contribution in [-0.4, -0.2) is 52.7 Å². The molecule has 2 heterocycles. The second-order valence-electron chi connectivity index (χ2n) is 4.36. The molecule has 2 rings (SSSR count). The SMILES string of the molecule is COCCOCCOCCOC(=O)c1cc2c(Br)sc(Br)c2s1. The van der Waals surface area contributed by atoms with E-state index < -0.39 is 0 Å². The lowest BCUT2D eigenvalue weighted by molar-refractivity contribution is 0.00588. The van der Waals surface area contributed by atoms with Crippen LogP contribution in [0.1, 0.15) is 9.67 Å². The Kier molecular flexibility index (Phi) is 8.45. The molecule has 128 valence electrons. The average Bonchev–Trinajstić information content (AvgIpc) is 3.08. The number of thiophene rings is 2. The first-order valence-electron chi connectivity index (χ1n) is 6.82. The summed E-state index contributed by atoms with van der Waals surface area (Å²) in [7, 11) is 1.63. The summed E-state index contributed by atoms with van der Waals surface area (Å²) in [6, 6.07) is 1.85. The Morgan fingerprint density at radius 3 is 2.30 bits per heavy atom. The van der Waals surface area contributed by atoms with E-state index in [4.69, 9.17) is 18.9 Å². The van der Waals surface area contributed by atoms with E-state index in [1.54, 1.807) is 18.4 Å². The van der Waals surface area contributed by atoms with Gasteiger partial charge in [-0.1, -0.05) is 0 Å². The van der Waals surface area contributed by atoms with Gasteiger partial charge in [0.25, 0.3) is 0 Å². The molecule has 0 fully saturated rings. The summed E-state index contributed by atoms with van der Waals surface area (Å²) in [4.78, 5) is 12.6. The smallest absolute Gasteiger partial charge is 0.348 e. The lowest BCUT2D eigenvalue weighted by Crippen LogP contribution is -2.13. The van der Waals surface area contributed by atoms with Gasteiger partial charge >= 0.3 is 5.97 Å². The normalized spacial score (nSPS) is 11.3. The second kappa shape index (κ2) is 10.1. The van der Waals surface area contributed by atoms with Crippen LogP contribution in [0.5, 0.6) is 0 Å². The van der Waals surface area contributed by atoms with Gasteiger partial charge in [0.1, 0.15) is 11.5 Å². The number of methoxy groups -OCH3 is 1. The van der Waals surface area contributed by atoms with Crippen molar-refractivity contribution in [3.05, 3.63) is 18.5 Å². The van der Waals surface area contributed by atoms with Crippen LogP contribution in [0.3, 0.4) is 0 Å². The first-order valence-corrected chi connectivity index (χ1v) is 10.0. The zero-order valence-electron chi connectivity index (χ0n) is 12.4. The number of rotatable bonds is 10. The molecule has 0 aliphatic rings. The predicted molar refractivity (Wildman–Crippen MR) is 98.9 cm³/mol. The molecule has 9 heteroatoms. The fraction of sp³-hybridized carbons (Fsp3) is 0.500. The molecule has 0 atom stereocenters. The number of carbonyl (C=O) groups is 1. The van der Waals surface area contributed by atoms with Crippen LogP contribution in [-0.2, 0) is 18.9 Å². The third-order valence-electron chi connectivity index (χ3n) is 2.77. The van der Waals surface area contributed by atoms with Gasteiger partial charge < -0.3 is 18.9 Å². The number of carbonyl (C=O) groups excluding carboxylic acids is 1. The second-order valence-corrected chi connectivity index (χ2v) is 9.07. The molecular formula is C14H16Br2O5S2. The maximum absolute atomic E-state index is 12.0. The summed E-state index contributed by atoms with van der Waals surface area (Å²) >= 11 is 9.99. The zero-order valence-corrected chi connectivity index (χ0v) is 17.2.